The number of alkyl halides is 3. The van der Waals surface area contributed by atoms with Gasteiger partial charge in [-0.1, -0.05) is 25.5 Å². The van der Waals surface area contributed by atoms with E-state index >= 15 is 0 Å². The van der Waals surface area contributed by atoms with Crippen LogP contribution in [0.3, 0.4) is 0 Å². The SMILES string of the molecule is CCCC(O)CNCc1ccc(OC(F)(F)F)cc1. The quantitative estimate of drug-likeness (QED) is 0.805. The average Bonchev–Trinajstić information content (AvgIpc) is 2.30. The predicted octanol–water partition coefficient (Wildman–Crippen LogP) is 2.84. The van der Waals surface area contributed by atoms with E-state index in [0.717, 1.165) is 18.4 Å². The predicted molar refractivity (Wildman–Crippen MR) is 65.7 cm³/mol. The molecule has 2 N–H and O–H groups in total. The molecule has 0 aromatic heterocycles. The summed E-state index contributed by atoms with van der Waals surface area (Å²) in [4.78, 5) is 0. The number of ether oxygens (including phenoxy) is 1. The Kier molecular flexibility index (Phi) is 6.11. The molecule has 3 nitrogen and oxygen atoms in total. The average molecular weight is 277 g/mol. The van der Waals surface area contributed by atoms with Crippen molar-refractivity contribution in [3.05, 3.63) is 29.8 Å². The number of hydrogen-bond acceptors (Lipinski definition) is 3. The second-order valence-corrected chi connectivity index (χ2v) is 4.27. The summed E-state index contributed by atoms with van der Waals surface area (Å²) in [5.74, 6) is -0.234. The monoisotopic (exact) mass is 277 g/mol. The van der Waals surface area contributed by atoms with Gasteiger partial charge >= 0.3 is 6.36 Å². The summed E-state index contributed by atoms with van der Waals surface area (Å²) in [5, 5.41) is 12.5. The number of halogens is 3. The second kappa shape index (κ2) is 7.35. The molecule has 0 bridgehead atoms. The minimum Gasteiger partial charge on any atom is -0.406 e. The second-order valence-electron chi connectivity index (χ2n) is 4.27. The molecular formula is C13H18F3NO2. The molecule has 0 heterocycles. The van der Waals surface area contributed by atoms with Gasteiger partial charge in [0.2, 0.25) is 0 Å². The number of nitrogens with one attached hydrogen (secondary N) is 1. The Bertz CT molecular complexity index is 365. The van der Waals surface area contributed by atoms with Gasteiger partial charge in [0.05, 0.1) is 6.10 Å². The van der Waals surface area contributed by atoms with Crippen LogP contribution in [0, 0.1) is 0 Å². The highest BCUT2D eigenvalue weighted by Gasteiger charge is 2.30. The molecule has 6 heteroatoms. The van der Waals surface area contributed by atoms with Crippen molar-refractivity contribution in [3.8, 4) is 5.75 Å². The first-order valence-corrected chi connectivity index (χ1v) is 6.14. The highest BCUT2D eigenvalue weighted by atomic mass is 19.4. The zero-order valence-electron chi connectivity index (χ0n) is 10.7. The smallest absolute Gasteiger partial charge is 0.406 e. The normalized spacial score (nSPS) is 13.3. The van der Waals surface area contributed by atoms with Crippen LogP contribution < -0.4 is 10.1 Å². The van der Waals surface area contributed by atoms with Crippen molar-refractivity contribution in [1.82, 2.24) is 5.32 Å². The molecule has 0 spiro atoms. The minimum absolute atomic E-state index is 0.234. The molecule has 0 saturated heterocycles. The van der Waals surface area contributed by atoms with Crippen molar-refractivity contribution in [3.63, 3.8) is 0 Å². The molecule has 1 unspecified atom stereocenters. The zero-order chi connectivity index (χ0) is 14.3. The summed E-state index contributed by atoms with van der Waals surface area (Å²) in [7, 11) is 0. The van der Waals surface area contributed by atoms with Gasteiger partial charge in [-0.3, -0.25) is 0 Å². The Morgan fingerprint density at radius 3 is 2.42 bits per heavy atom. The van der Waals surface area contributed by atoms with Crippen LogP contribution in [0.15, 0.2) is 24.3 Å². The van der Waals surface area contributed by atoms with Crippen molar-refractivity contribution in [1.29, 1.82) is 0 Å². The van der Waals surface area contributed by atoms with Gasteiger partial charge in [0.15, 0.2) is 0 Å². The van der Waals surface area contributed by atoms with Crippen LogP contribution in [0.25, 0.3) is 0 Å². The number of rotatable bonds is 7. The van der Waals surface area contributed by atoms with E-state index in [0.29, 0.717) is 13.1 Å². The fourth-order valence-corrected chi connectivity index (χ4v) is 1.63. The van der Waals surface area contributed by atoms with E-state index < -0.39 is 12.5 Å². The van der Waals surface area contributed by atoms with Crippen LogP contribution in [-0.4, -0.2) is 24.1 Å². The van der Waals surface area contributed by atoms with Crippen LogP contribution in [0.2, 0.25) is 0 Å². The molecule has 0 saturated carbocycles. The van der Waals surface area contributed by atoms with Crippen LogP contribution in [-0.2, 0) is 6.54 Å². The maximum Gasteiger partial charge on any atom is 0.573 e. The first-order chi connectivity index (χ1) is 8.90. The van der Waals surface area contributed by atoms with Crippen molar-refractivity contribution in [2.24, 2.45) is 0 Å². The zero-order valence-corrected chi connectivity index (χ0v) is 10.7. The Morgan fingerprint density at radius 2 is 1.89 bits per heavy atom. The fraction of sp³-hybridized carbons (Fsp3) is 0.538. The Balaban J connectivity index is 2.36. The van der Waals surface area contributed by atoms with Gasteiger partial charge in [-0.05, 0) is 24.1 Å². The van der Waals surface area contributed by atoms with E-state index in [4.69, 9.17) is 0 Å². The van der Waals surface area contributed by atoms with Crippen molar-refractivity contribution in [2.45, 2.75) is 38.8 Å². The summed E-state index contributed by atoms with van der Waals surface area (Å²) in [5.41, 5.74) is 0.832. The topological polar surface area (TPSA) is 41.5 Å². The molecule has 19 heavy (non-hydrogen) atoms. The van der Waals surface area contributed by atoms with Crippen LogP contribution in [0.5, 0.6) is 5.75 Å². The maximum atomic E-state index is 11.9. The van der Waals surface area contributed by atoms with Crippen LogP contribution in [0.4, 0.5) is 13.2 Å². The third-order valence-corrected chi connectivity index (χ3v) is 2.49. The van der Waals surface area contributed by atoms with Gasteiger partial charge in [0, 0.05) is 13.1 Å². The minimum atomic E-state index is -4.66. The maximum absolute atomic E-state index is 11.9. The lowest BCUT2D eigenvalue weighted by molar-refractivity contribution is -0.274. The lowest BCUT2D eigenvalue weighted by Gasteiger charge is -2.11. The van der Waals surface area contributed by atoms with Crippen LogP contribution in [0.1, 0.15) is 25.3 Å². The highest BCUT2D eigenvalue weighted by molar-refractivity contribution is 5.27. The van der Waals surface area contributed by atoms with E-state index in [1.807, 2.05) is 6.92 Å². The van der Waals surface area contributed by atoms with Gasteiger partial charge in [0.25, 0.3) is 0 Å². The largest absolute Gasteiger partial charge is 0.573 e. The molecular weight excluding hydrogens is 259 g/mol. The van der Waals surface area contributed by atoms with Crippen LogP contribution >= 0.6 is 0 Å². The van der Waals surface area contributed by atoms with E-state index in [9.17, 15) is 18.3 Å². The van der Waals surface area contributed by atoms with Gasteiger partial charge < -0.3 is 15.2 Å². The van der Waals surface area contributed by atoms with E-state index in [2.05, 4.69) is 10.1 Å². The Hall–Kier alpha value is -1.27. The highest BCUT2D eigenvalue weighted by Crippen LogP contribution is 2.22. The van der Waals surface area contributed by atoms with Gasteiger partial charge in [-0.2, -0.15) is 0 Å². The first-order valence-electron chi connectivity index (χ1n) is 6.14. The molecule has 0 fully saturated rings. The Morgan fingerprint density at radius 1 is 1.26 bits per heavy atom. The van der Waals surface area contributed by atoms with Crippen molar-refractivity contribution in [2.75, 3.05) is 6.54 Å². The van der Waals surface area contributed by atoms with Crippen molar-refractivity contribution >= 4 is 0 Å². The summed E-state index contributed by atoms with van der Waals surface area (Å²) in [6.45, 7) is 2.95. The molecule has 108 valence electrons. The lowest BCUT2D eigenvalue weighted by Crippen LogP contribution is -2.26. The molecule has 1 aromatic rings. The first kappa shape index (κ1) is 15.8. The Labute approximate surface area is 110 Å². The molecule has 0 aliphatic carbocycles. The molecule has 0 amide bonds. The molecule has 0 radical (unpaired) electrons. The standard InChI is InChI=1S/C13H18F3NO2/c1-2-3-11(18)9-17-8-10-4-6-12(7-5-10)19-13(14,15)16/h4-7,11,17-18H,2-3,8-9H2,1H3. The third kappa shape index (κ3) is 7.03. The van der Waals surface area contributed by atoms with Gasteiger partial charge in [-0.15, -0.1) is 13.2 Å². The van der Waals surface area contributed by atoms with Gasteiger partial charge in [-0.25, -0.2) is 0 Å². The number of benzene rings is 1. The summed E-state index contributed by atoms with van der Waals surface area (Å²) < 4.78 is 39.6. The number of aliphatic hydroxyl groups excluding tert-OH is 1. The van der Waals surface area contributed by atoms with E-state index in [1.54, 1.807) is 12.1 Å². The van der Waals surface area contributed by atoms with Crippen molar-refractivity contribution < 1.29 is 23.0 Å². The fourth-order valence-electron chi connectivity index (χ4n) is 1.63. The summed E-state index contributed by atoms with van der Waals surface area (Å²) >= 11 is 0. The molecule has 1 rings (SSSR count). The lowest BCUT2D eigenvalue weighted by atomic mass is 10.2. The third-order valence-electron chi connectivity index (χ3n) is 2.49. The van der Waals surface area contributed by atoms with Gasteiger partial charge in [0.1, 0.15) is 5.75 Å². The molecule has 1 aromatic carbocycles. The molecule has 0 aliphatic rings. The summed E-state index contributed by atoms with van der Waals surface area (Å²) in [6, 6.07) is 5.65. The van der Waals surface area contributed by atoms with E-state index in [-0.39, 0.29) is 5.75 Å². The molecule has 1 atom stereocenters. The molecule has 0 aliphatic heterocycles. The number of aliphatic hydroxyl groups is 1. The number of hydrogen-bond donors (Lipinski definition) is 2. The van der Waals surface area contributed by atoms with E-state index in [1.165, 1.54) is 12.1 Å². The summed E-state index contributed by atoms with van der Waals surface area (Å²) in [6.07, 6.45) is -3.42.